The van der Waals surface area contributed by atoms with Gasteiger partial charge in [-0.15, -0.1) is 11.3 Å². The van der Waals surface area contributed by atoms with Crippen LogP contribution in [0.1, 0.15) is 46.8 Å². The zero-order chi connectivity index (χ0) is 20.6. The number of primary sulfonamides is 1. The van der Waals surface area contributed by atoms with Crippen LogP contribution in [-0.4, -0.2) is 14.4 Å². The Bertz CT molecular complexity index is 1220. The number of rotatable bonds is 5. The molecule has 0 saturated heterocycles. The minimum Gasteiger partial charge on any atom is -0.457 e. The van der Waals surface area contributed by atoms with E-state index < -0.39 is 21.6 Å². The molecule has 3 rings (SSSR count). The largest absolute Gasteiger partial charge is 0.457 e. The van der Waals surface area contributed by atoms with E-state index in [2.05, 4.69) is 13.8 Å². The van der Waals surface area contributed by atoms with Gasteiger partial charge in [0, 0.05) is 22.4 Å². The van der Waals surface area contributed by atoms with Gasteiger partial charge in [0.2, 0.25) is 10.0 Å². The summed E-state index contributed by atoms with van der Waals surface area (Å²) >= 11 is 0.839. The third kappa shape index (κ3) is 4.16. The van der Waals surface area contributed by atoms with Crippen molar-refractivity contribution in [2.45, 2.75) is 37.5 Å². The summed E-state index contributed by atoms with van der Waals surface area (Å²) in [6.07, 6.45) is 0. The quantitative estimate of drug-likeness (QED) is 0.499. The van der Waals surface area contributed by atoms with E-state index in [-0.39, 0.29) is 22.3 Å². The molecule has 9 heteroatoms. The number of nitrogens with two attached hydrogens (primary N) is 1. The molecular formula is C19H19NO6S2. The van der Waals surface area contributed by atoms with Crippen LogP contribution in [0.15, 0.2) is 43.1 Å². The van der Waals surface area contributed by atoms with E-state index >= 15 is 0 Å². The van der Waals surface area contributed by atoms with Crippen molar-refractivity contribution in [1.29, 1.82) is 0 Å². The number of hydrogen-bond donors (Lipinski definition) is 1. The van der Waals surface area contributed by atoms with Gasteiger partial charge in [0.05, 0.1) is 5.56 Å². The van der Waals surface area contributed by atoms with Crippen molar-refractivity contribution < 1.29 is 22.4 Å². The van der Waals surface area contributed by atoms with E-state index in [1.807, 2.05) is 13.0 Å². The number of carbonyl (C=O) groups excluding carboxylic acids is 1. The van der Waals surface area contributed by atoms with E-state index in [0.717, 1.165) is 22.5 Å². The molecule has 0 amide bonds. The molecular weight excluding hydrogens is 402 g/mol. The molecule has 0 aliphatic carbocycles. The average Bonchev–Trinajstić information content (AvgIpc) is 3.08. The second kappa shape index (κ2) is 7.50. The first-order valence-electron chi connectivity index (χ1n) is 8.42. The SMILES string of the molecule is Cc1cc2oc(=O)cc(COC(=O)c3csc(S(N)(=O)=O)c3)c2cc1C(C)C. The zero-order valence-electron chi connectivity index (χ0n) is 15.5. The van der Waals surface area contributed by atoms with Crippen molar-refractivity contribution in [3.63, 3.8) is 0 Å². The number of carbonyl (C=O) groups is 1. The van der Waals surface area contributed by atoms with E-state index in [9.17, 15) is 18.0 Å². The summed E-state index contributed by atoms with van der Waals surface area (Å²) in [5.41, 5.74) is 2.59. The lowest BCUT2D eigenvalue weighted by atomic mass is 9.95. The van der Waals surface area contributed by atoms with Crippen molar-refractivity contribution in [3.05, 3.63) is 62.3 Å². The first-order chi connectivity index (χ1) is 13.1. The summed E-state index contributed by atoms with van der Waals surface area (Å²) < 4.78 is 33.1. The Hall–Kier alpha value is -2.49. The van der Waals surface area contributed by atoms with Gasteiger partial charge in [-0.1, -0.05) is 13.8 Å². The fraction of sp³-hybridized carbons (Fsp3) is 0.263. The zero-order valence-corrected chi connectivity index (χ0v) is 17.1. The average molecular weight is 421 g/mol. The Morgan fingerprint density at radius 1 is 1.25 bits per heavy atom. The minimum absolute atomic E-state index is 0.0833. The summed E-state index contributed by atoms with van der Waals surface area (Å²) in [5, 5.41) is 7.10. The topological polar surface area (TPSA) is 117 Å². The second-order valence-electron chi connectivity index (χ2n) is 6.73. The maximum Gasteiger partial charge on any atom is 0.339 e. The number of benzene rings is 1. The van der Waals surface area contributed by atoms with Crippen LogP contribution in [0.25, 0.3) is 11.0 Å². The number of ether oxygens (including phenoxy) is 1. The maximum atomic E-state index is 12.3. The first-order valence-corrected chi connectivity index (χ1v) is 10.8. The molecule has 0 bridgehead atoms. The van der Waals surface area contributed by atoms with Crippen LogP contribution in [0, 0.1) is 6.92 Å². The van der Waals surface area contributed by atoms with Gasteiger partial charge in [-0.3, -0.25) is 0 Å². The lowest BCUT2D eigenvalue weighted by Crippen LogP contribution is -2.11. The van der Waals surface area contributed by atoms with Gasteiger partial charge in [0.1, 0.15) is 16.4 Å². The van der Waals surface area contributed by atoms with Crippen molar-refractivity contribution >= 4 is 38.3 Å². The third-order valence-electron chi connectivity index (χ3n) is 4.29. The number of thiophene rings is 1. The summed E-state index contributed by atoms with van der Waals surface area (Å²) in [6.45, 7) is 5.92. The lowest BCUT2D eigenvalue weighted by Gasteiger charge is -2.13. The predicted molar refractivity (Wildman–Crippen MR) is 106 cm³/mol. The second-order valence-corrected chi connectivity index (χ2v) is 9.43. The molecule has 0 unspecified atom stereocenters. The molecule has 148 valence electrons. The molecule has 2 heterocycles. The first kappa shape index (κ1) is 20.2. The smallest absolute Gasteiger partial charge is 0.339 e. The van der Waals surface area contributed by atoms with Crippen LogP contribution in [0.3, 0.4) is 0 Å². The van der Waals surface area contributed by atoms with Crippen molar-refractivity contribution in [2.75, 3.05) is 0 Å². The van der Waals surface area contributed by atoms with Crippen LogP contribution in [0.4, 0.5) is 0 Å². The Kier molecular flexibility index (Phi) is 5.42. The molecule has 0 aliphatic heterocycles. The number of hydrogen-bond acceptors (Lipinski definition) is 7. The van der Waals surface area contributed by atoms with Crippen LogP contribution < -0.4 is 10.8 Å². The van der Waals surface area contributed by atoms with Crippen molar-refractivity contribution in [3.8, 4) is 0 Å². The molecule has 0 saturated carbocycles. The summed E-state index contributed by atoms with van der Waals surface area (Å²) in [6, 6.07) is 6.19. The Labute approximate surface area is 165 Å². The molecule has 1 aromatic carbocycles. The monoisotopic (exact) mass is 421 g/mol. The molecule has 0 aliphatic rings. The highest BCUT2D eigenvalue weighted by Crippen LogP contribution is 2.27. The summed E-state index contributed by atoms with van der Waals surface area (Å²) in [5.74, 6) is -0.432. The number of aryl methyl sites for hydroxylation is 1. The summed E-state index contributed by atoms with van der Waals surface area (Å²) in [7, 11) is -3.88. The molecule has 0 spiro atoms. The summed E-state index contributed by atoms with van der Waals surface area (Å²) in [4.78, 5) is 24.1. The fourth-order valence-electron chi connectivity index (χ4n) is 2.93. The van der Waals surface area contributed by atoms with Crippen LogP contribution in [0.2, 0.25) is 0 Å². The third-order valence-corrected chi connectivity index (χ3v) is 6.68. The number of esters is 1. The molecule has 0 fully saturated rings. The fourth-order valence-corrected chi connectivity index (χ4v) is 4.51. The molecule has 2 N–H and O–H groups in total. The van der Waals surface area contributed by atoms with Gasteiger partial charge in [-0.25, -0.2) is 23.1 Å². The highest BCUT2D eigenvalue weighted by atomic mass is 32.2. The molecule has 28 heavy (non-hydrogen) atoms. The molecule has 0 radical (unpaired) electrons. The van der Waals surface area contributed by atoms with Crippen molar-refractivity contribution in [2.24, 2.45) is 5.14 Å². The number of fused-ring (bicyclic) bond motifs is 1. The highest BCUT2D eigenvalue weighted by Gasteiger charge is 2.17. The van der Waals surface area contributed by atoms with Crippen LogP contribution >= 0.6 is 11.3 Å². The normalized spacial score (nSPS) is 11.9. The van der Waals surface area contributed by atoms with Gasteiger partial charge in [-0.05, 0) is 42.2 Å². The van der Waals surface area contributed by atoms with E-state index in [0.29, 0.717) is 16.5 Å². The van der Waals surface area contributed by atoms with Gasteiger partial charge in [-0.2, -0.15) is 0 Å². The Morgan fingerprint density at radius 2 is 1.96 bits per heavy atom. The van der Waals surface area contributed by atoms with Gasteiger partial charge < -0.3 is 9.15 Å². The standard InChI is InChI=1S/C19H19NO6S2/c1-10(2)14-7-15-12(5-17(21)26-16(15)4-11(14)3)8-25-19(22)13-6-18(27-9-13)28(20,23)24/h4-7,9-10H,8H2,1-3H3,(H2,20,23,24). The highest BCUT2D eigenvalue weighted by molar-refractivity contribution is 7.91. The predicted octanol–water partition coefficient (Wildman–Crippen LogP) is 3.29. The Morgan fingerprint density at radius 3 is 2.57 bits per heavy atom. The molecule has 2 aromatic heterocycles. The maximum absolute atomic E-state index is 12.3. The van der Waals surface area contributed by atoms with Crippen LogP contribution in [-0.2, 0) is 21.4 Å². The van der Waals surface area contributed by atoms with E-state index in [1.165, 1.54) is 17.5 Å². The van der Waals surface area contributed by atoms with E-state index in [4.69, 9.17) is 14.3 Å². The molecule has 7 nitrogen and oxygen atoms in total. The lowest BCUT2D eigenvalue weighted by molar-refractivity contribution is 0.0474. The molecule has 0 atom stereocenters. The van der Waals surface area contributed by atoms with Crippen LogP contribution in [0.5, 0.6) is 0 Å². The number of sulfonamides is 1. The van der Waals surface area contributed by atoms with Gasteiger partial charge in [0.25, 0.3) is 0 Å². The molecule has 3 aromatic rings. The van der Waals surface area contributed by atoms with Gasteiger partial charge in [0.15, 0.2) is 0 Å². The van der Waals surface area contributed by atoms with Crippen molar-refractivity contribution in [1.82, 2.24) is 0 Å². The van der Waals surface area contributed by atoms with Gasteiger partial charge >= 0.3 is 11.6 Å². The van der Waals surface area contributed by atoms with E-state index in [1.54, 1.807) is 6.07 Å². The minimum atomic E-state index is -3.88. The Balaban J connectivity index is 1.91.